The van der Waals surface area contributed by atoms with Gasteiger partial charge in [-0.2, -0.15) is 9.49 Å². The molecule has 2 N–H and O–H groups in total. The molecule has 0 unspecified atom stereocenters. The number of benzene rings is 1. The summed E-state index contributed by atoms with van der Waals surface area (Å²) in [6.07, 6.45) is 1.25. The molecule has 0 saturated carbocycles. The summed E-state index contributed by atoms with van der Waals surface area (Å²) in [5, 5.41) is 4.20. The Hall–Kier alpha value is -1.55. The van der Waals surface area contributed by atoms with Gasteiger partial charge in [-0.15, -0.1) is 0 Å². The monoisotopic (exact) mass is 211 g/mol. The SMILES string of the molecule is Nc1cnn(-c2ccccc2Cl)c1F. The quantitative estimate of drug-likeness (QED) is 0.786. The zero-order valence-electron chi connectivity index (χ0n) is 7.11. The van der Waals surface area contributed by atoms with Gasteiger partial charge in [-0.3, -0.25) is 0 Å². The Balaban J connectivity index is 2.60. The van der Waals surface area contributed by atoms with Crippen molar-refractivity contribution >= 4 is 17.3 Å². The van der Waals surface area contributed by atoms with Gasteiger partial charge in [0.05, 0.1) is 16.9 Å². The molecule has 1 aromatic heterocycles. The van der Waals surface area contributed by atoms with E-state index in [0.29, 0.717) is 10.7 Å². The largest absolute Gasteiger partial charge is 0.394 e. The Morgan fingerprint density at radius 1 is 1.36 bits per heavy atom. The van der Waals surface area contributed by atoms with Gasteiger partial charge in [0.25, 0.3) is 0 Å². The number of hydrogen-bond donors (Lipinski definition) is 1. The van der Waals surface area contributed by atoms with Crippen molar-refractivity contribution in [2.24, 2.45) is 0 Å². The number of para-hydroxylation sites is 1. The van der Waals surface area contributed by atoms with E-state index in [1.54, 1.807) is 24.3 Å². The molecule has 1 heterocycles. The number of anilines is 1. The smallest absolute Gasteiger partial charge is 0.239 e. The van der Waals surface area contributed by atoms with Crippen molar-refractivity contribution in [1.29, 1.82) is 0 Å². The van der Waals surface area contributed by atoms with Crippen LogP contribution in [0, 0.1) is 5.95 Å². The number of rotatable bonds is 1. The fraction of sp³-hybridized carbons (Fsp3) is 0. The van der Waals surface area contributed by atoms with Crippen molar-refractivity contribution in [3.05, 3.63) is 41.4 Å². The van der Waals surface area contributed by atoms with E-state index < -0.39 is 5.95 Å². The predicted octanol–water partition coefficient (Wildman–Crippen LogP) is 2.25. The number of hydrogen-bond acceptors (Lipinski definition) is 2. The van der Waals surface area contributed by atoms with Crippen molar-refractivity contribution in [3.63, 3.8) is 0 Å². The first-order valence-corrected chi connectivity index (χ1v) is 4.32. The standard InChI is InChI=1S/C9H7ClFN3/c10-6-3-1-2-4-8(6)14-9(11)7(12)5-13-14/h1-5H,12H2. The van der Waals surface area contributed by atoms with Gasteiger partial charge < -0.3 is 5.73 Å². The molecule has 0 aliphatic heterocycles. The third-order valence-corrected chi connectivity index (χ3v) is 2.14. The maximum atomic E-state index is 13.3. The predicted molar refractivity (Wildman–Crippen MR) is 52.9 cm³/mol. The van der Waals surface area contributed by atoms with Crippen LogP contribution < -0.4 is 5.73 Å². The van der Waals surface area contributed by atoms with E-state index in [1.807, 2.05) is 0 Å². The lowest BCUT2D eigenvalue weighted by Gasteiger charge is -2.03. The molecule has 3 nitrogen and oxygen atoms in total. The second-order valence-electron chi connectivity index (χ2n) is 2.75. The van der Waals surface area contributed by atoms with Crippen LogP contribution in [0.15, 0.2) is 30.5 Å². The average Bonchev–Trinajstić information content (AvgIpc) is 2.49. The number of nitrogen functional groups attached to an aromatic ring is 1. The first-order chi connectivity index (χ1) is 6.70. The van der Waals surface area contributed by atoms with Gasteiger partial charge in [0, 0.05) is 0 Å². The summed E-state index contributed by atoms with van der Waals surface area (Å²) < 4.78 is 14.4. The third kappa shape index (κ3) is 1.33. The van der Waals surface area contributed by atoms with Crippen LogP contribution in [0.5, 0.6) is 0 Å². The molecule has 1 aromatic carbocycles. The number of halogens is 2. The Kier molecular flexibility index (Phi) is 2.13. The molecule has 0 saturated heterocycles. The topological polar surface area (TPSA) is 43.8 Å². The van der Waals surface area contributed by atoms with Gasteiger partial charge in [0.1, 0.15) is 5.69 Å². The summed E-state index contributed by atoms with van der Waals surface area (Å²) in [5.74, 6) is -0.599. The first kappa shape index (κ1) is 9.02. The van der Waals surface area contributed by atoms with Crippen LogP contribution in [0.4, 0.5) is 10.1 Å². The highest BCUT2D eigenvalue weighted by molar-refractivity contribution is 6.32. The Morgan fingerprint density at radius 2 is 2.07 bits per heavy atom. The van der Waals surface area contributed by atoms with E-state index >= 15 is 0 Å². The van der Waals surface area contributed by atoms with Gasteiger partial charge in [0.15, 0.2) is 0 Å². The third-order valence-electron chi connectivity index (χ3n) is 1.82. The minimum atomic E-state index is -0.599. The Bertz CT molecular complexity index is 467. The normalized spacial score (nSPS) is 10.4. The van der Waals surface area contributed by atoms with Crippen LogP contribution in [0.3, 0.4) is 0 Å². The first-order valence-electron chi connectivity index (χ1n) is 3.94. The second kappa shape index (κ2) is 3.31. The molecule has 2 aromatic rings. The summed E-state index contributed by atoms with van der Waals surface area (Å²) in [6.45, 7) is 0. The van der Waals surface area contributed by atoms with E-state index in [1.165, 1.54) is 6.20 Å². The molecule has 5 heteroatoms. The summed E-state index contributed by atoms with van der Waals surface area (Å²) in [7, 11) is 0. The zero-order valence-corrected chi connectivity index (χ0v) is 7.87. The molecule has 0 spiro atoms. The fourth-order valence-corrected chi connectivity index (χ4v) is 1.35. The van der Waals surface area contributed by atoms with E-state index in [0.717, 1.165) is 4.68 Å². The van der Waals surface area contributed by atoms with Crippen molar-refractivity contribution in [1.82, 2.24) is 9.78 Å². The summed E-state index contributed by atoms with van der Waals surface area (Å²) in [4.78, 5) is 0. The molecule has 0 bridgehead atoms. The Labute approximate surface area is 84.9 Å². The van der Waals surface area contributed by atoms with Crippen LogP contribution in [-0.2, 0) is 0 Å². The summed E-state index contributed by atoms with van der Waals surface area (Å²) in [6, 6.07) is 6.83. The van der Waals surface area contributed by atoms with Crippen LogP contribution in [0.1, 0.15) is 0 Å². The van der Waals surface area contributed by atoms with E-state index in [4.69, 9.17) is 17.3 Å². The number of nitrogens with two attached hydrogens (primary N) is 1. The Morgan fingerprint density at radius 3 is 2.64 bits per heavy atom. The van der Waals surface area contributed by atoms with E-state index in [2.05, 4.69) is 5.10 Å². The lowest BCUT2D eigenvalue weighted by molar-refractivity contribution is 0.540. The minimum absolute atomic E-state index is 0.00456. The lowest BCUT2D eigenvalue weighted by Crippen LogP contribution is -2.01. The molecule has 0 atom stereocenters. The molecular weight excluding hydrogens is 205 g/mol. The van der Waals surface area contributed by atoms with Crippen LogP contribution in [-0.4, -0.2) is 9.78 Å². The minimum Gasteiger partial charge on any atom is -0.394 e. The van der Waals surface area contributed by atoms with E-state index in [9.17, 15) is 4.39 Å². The average molecular weight is 212 g/mol. The number of aromatic nitrogens is 2. The van der Waals surface area contributed by atoms with Crippen molar-refractivity contribution in [2.75, 3.05) is 5.73 Å². The van der Waals surface area contributed by atoms with Crippen molar-refractivity contribution in [2.45, 2.75) is 0 Å². The molecule has 0 radical (unpaired) electrons. The highest BCUT2D eigenvalue weighted by Crippen LogP contribution is 2.21. The van der Waals surface area contributed by atoms with Gasteiger partial charge in [-0.25, -0.2) is 4.68 Å². The highest BCUT2D eigenvalue weighted by atomic mass is 35.5. The van der Waals surface area contributed by atoms with Crippen LogP contribution >= 0.6 is 11.6 Å². The summed E-state index contributed by atoms with van der Waals surface area (Å²) in [5.41, 5.74) is 5.81. The molecule has 2 rings (SSSR count). The number of nitrogens with zero attached hydrogens (tertiary/aromatic N) is 2. The highest BCUT2D eigenvalue weighted by Gasteiger charge is 2.10. The maximum Gasteiger partial charge on any atom is 0.239 e. The van der Waals surface area contributed by atoms with Gasteiger partial charge in [-0.05, 0) is 12.1 Å². The summed E-state index contributed by atoms with van der Waals surface area (Å²) >= 11 is 5.87. The molecule has 0 fully saturated rings. The lowest BCUT2D eigenvalue weighted by atomic mass is 10.3. The van der Waals surface area contributed by atoms with Gasteiger partial charge in [0.2, 0.25) is 5.95 Å². The second-order valence-corrected chi connectivity index (χ2v) is 3.16. The molecule has 0 amide bonds. The van der Waals surface area contributed by atoms with E-state index in [-0.39, 0.29) is 5.69 Å². The molecule has 14 heavy (non-hydrogen) atoms. The van der Waals surface area contributed by atoms with Gasteiger partial charge in [-0.1, -0.05) is 23.7 Å². The maximum absolute atomic E-state index is 13.3. The molecule has 0 aliphatic carbocycles. The zero-order chi connectivity index (χ0) is 10.1. The van der Waals surface area contributed by atoms with Crippen LogP contribution in [0.25, 0.3) is 5.69 Å². The fourth-order valence-electron chi connectivity index (χ4n) is 1.14. The van der Waals surface area contributed by atoms with Crippen LogP contribution in [0.2, 0.25) is 5.02 Å². The molecule has 0 aliphatic rings. The molecular formula is C9H7ClFN3. The van der Waals surface area contributed by atoms with Crippen molar-refractivity contribution < 1.29 is 4.39 Å². The van der Waals surface area contributed by atoms with Crippen molar-refractivity contribution in [3.8, 4) is 5.69 Å². The van der Waals surface area contributed by atoms with Gasteiger partial charge >= 0.3 is 0 Å². The molecule has 72 valence electrons.